The molecule has 1 rings (SSSR count). The van der Waals surface area contributed by atoms with Crippen LogP contribution in [0.5, 0.6) is 0 Å². The van der Waals surface area contributed by atoms with Crippen LogP contribution in [-0.2, 0) is 9.63 Å². The Morgan fingerprint density at radius 3 is 2.83 bits per heavy atom. The number of hydrogen-bond donors (Lipinski definition) is 1. The number of oxime groups is 1. The van der Waals surface area contributed by atoms with Crippen LogP contribution in [0.2, 0.25) is 0 Å². The summed E-state index contributed by atoms with van der Waals surface area (Å²) in [5, 5.41) is 22.2. The number of rotatable bonds is 6. The summed E-state index contributed by atoms with van der Waals surface area (Å²) in [6.45, 7) is -0.593. The van der Waals surface area contributed by atoms with E-state index in [9.17, 15) is 19.7 Å². The molecule has 94 valence electrons. The van der Waals surface area contributed by atoms with Crippen molar-refractivity contribution in [2.75, 3.05) is 6.61 Å². The Labute approximate surface area is 101 Å². The van der Waals surface area contributed by atoms with Crippen LogP contribution in [0.3, 0.4) is 0 Å². The highest BCUT2D eigenvalue weighted by molar-refractivity contribution is 5.87. The predicted molar refractivity (Wildman–Crippen MR) is 59.7 cm³/mol. The van der Waals surface area contributed by atoms with Crippen molar-refractivity contribution in [3.63, 3.8) is 0 Å². The Balaban J connectivity index is 2.82. The van der Waals surface area contributed by atoms with Crippen LogP contribution in [0.4, 0.5) is 5.69 Å². The van der Waals surface area contributed by atoms with Crippen molar-refractivity contribution in [1.29, 1.82) is 0 Å². The molecule has 1 aromatic carbocycles. The molecule has 0 atom stereocenters. The average Bonchev–Trinajstić information content (AvgIpc) is 2.33. The van der Waals surface area contributed by atoms with E-state index in [1.54, 1.807) is 0 Å². The summed E-state index contributed by atoms with van der Waals surface area (Å²) in [5.74, 6) is -1.18. The predicted octanol–water partition coefficient (Wildman–Crippen LogP) is 0.842. The summed E-state index contributed by atoms with van der Waals surface area (Å²) in [5.41, 5.74) is -0.0242. The second-order valence-corrected chi connectivity index (χ2v) is 3.09. The molecule has 0 spiro atoms. The fourth-order valence-corrected chi connectivity index (χ4v) is 1.10. The summed E-state index contributed by atoms with van der Waals surface area (Å²) < 4.78 is 0. The number of carbonyl (C=O) groups excluding carboxylic acids is 1. The number of aldehydes is 1. The quantitative estimate of drug-likeness (QED) is 0.346. The van der Waals surface area contributed by atoms with Gasteiger partial charge in [0.05, 0.1) is 16.7 Å². The number of nitro groups is 1. The second-order valence-electron chi connectivity index (χ2n) is 3.09. The van der Waals surface area contributed by atoms with Gasteiger partial charge in [-0.3, -0.25) is 14.9 Å². The van der Waals surface area contributed by atoms with E-state index in [-0.39, 0.29) is 11.3 Å². The molecule has 0 aliphatic rings. The third-order valence-corrected chi connectivity index (χ3v) is 1.84. The lowest BCUT2D eigenvalue weighted by molar-refractivity contribution is -0.385. The van der Waals surface area contributed by atoms with Crippen LogP contribution in [0.15, 0.2) is 23.4 Å². The van der Waals surface area contributed by atoms with Gasteiger partial charge in [-0.1, -0.05) is 5.16 Å². The average molecular weight is 252 g/mol. The summed E-state index contributed by atoms with van der Waals surface area (Å²) in [6.07, 6.45) is 1.51. The second kappa shape index (κ2) is 6.09. The van der Waals surface area contributed by atoms with Gasteiger partial charge in [-0.05, 0) is 17.7 Å². The van der Waals surface area contributed by atoms with Gasteiger partial charge in [-0.25, -0.2) is 4.79 Å². The maximum absolute atomic E-state index is 10.6. The molecule has 0 aliphatic carbocycles. The molecule has 1 N–H and O–H groups in total. The molecule has 0 aliphatic heterocycles. The number of hydrogen-bond acceptors (Lipinski definition) is 6. The van der Waals surface area contributed by atoms with Gasteiger partial charge in [0.2, 0.25) is 6.61 Å². The Hall–Kier alpha value is -2.77. The summed E-state index contributed by atoms with van der Waals surface area (Å²) in [4.78, 5) is 35.0. The van der Waals surface area contributed by atoms with Crippen LogP contribution >= 0.6 is 0 Å². The minimum atomic E-state index is -1.18. The van der Waals surface area contributed by atoms with Crippen LogP contribution in [0.25, 0.3) is 0 Å². The minimum Gasteiger partial charge on any atom is -0.479 e. The van der Waals surface area contributed by atoms with Crippen molar-refractivity contribution in [2.24, 2.45) is 5.16 Å². The molecule has 0 radical (unpaired) electrons. The highest BCUT2D eigenvalue weighted by Gasteiger charge is 2.12. The molecule has 18 heavy (non-hydrogen) atoms. The van der Waals surface area contributed by atoms with Gasteiger partial charge in [-0.15, -0.1) is 0 Å². The normalized spacial score (nSPS) is 10.2. The van der Waals surface area contributed by atoms with Crippen molar-refractivity contribution in [3.8, 4) is 0 Å². The number of carboxylic acids is 1. The van der Waals surface area contributed by atoms with Gasteiger partial charge in [0.1, 0.15) is 0 Å². The molecular formula is C10H8N2O6. The van der Waals surface area contributed by atoms with Gasteiger partial charge in [-0.2, -0.15) is 0 Å². The van der Waals surface area contributed by atoms with Crippen LogP contribution < -0.4 is 0 Å². The van der Waals surface area contributed by atoms with Crippen molar-refractivity contribution in [2.45, 2.75) is 0 Å². The molecule has 0 saturated heterocycles. The van der Waals surface area contributed by atoms with Gasteiger partial charge in [0.15, 0.2) is 6.29 Å². The van der Waals surface area contributed by atoms with E-state index in [1.165, 1.54) is 12.1 Å². The zero-order chi connectivity index (χ0) is 13.5. The van der Waals surface area contributed by atoms with E-state index in [2.05, 4.69) is 9.99 Å². The first-order valence-electron chi connectivity index (χ1n) is 4.65. The van der Waals surface area contributed by atoms with E-state index < -0.39 is 17.5 Å². The first-order chi connectivity index (χ1) is 8.54. The lowest BCUT2D eigenvalue weighted by Crippen LogP contribution is -2.03. The van der Waals surface area contributed by atoms with E-state index in [0.717, 1.165) is 12.3 Å². The molecule has 8 heteroatoms. The number of benzene rings is 1. The number of nitro benzene ring substituents is 1. The van der Waals surface area contributed by atoms with E-state index in [4.69, 9.17) is 5.11 Å². The van der Waals surface area contributed by atoms with Gasteiger partial charge in [0.25, 0.3) is 5.69 Å². The zero-order valence-electron chi connectivity index (χ0n) is 8.98. The molecule has 0 bridgehead atoms. The third-order valence-electron chi connectivity index (χ3n) is 1.84. The third kappa shape index (κ3) is 3.67. The standard InChI is InChI=1S/C10H8N2O6/c13-5-8-3-7(1-2-9(8)12(16)17)4-11-18-6-10(14)15/h1-5H,6H2,(H,14,15)/b11-4+. The van der Waals surface area contributed by atoms with E-state index >= 15 is 0 Å². The molecule has 0 fully saturated rings. The minimum absolute atomic E-state index is 0.0952. The molecule has 0 amide bonds. The van der Waals surface area contributed by atoms with Crippen molar-refractivity contribution in [1.82, 2.24) is 0 Å². The van der Waals surface area contributed by atoms with Crippen LogP contribution in [-0.4, -0.2) is 35.1 Å². The fourth-order valence-electron chi connectivity index (χ4n) is 1.10. The Bertz CT molecular complexity index is 511. The van der Waals surface area contributed by atoms with Crippen molar-refractivity contribution in [3.05, 3.63) is 39.4 Å². The lowest BCUT2D eigenvalue weighted by atomic mass is 10.1. The van der Waals surface area contributed by atoms with Gasteiger partial charge < -0.3 is 9.94 Å². The molecule has 1 aromatic rings. The van der Waals surface area contributed by atoms with Crippen molar-refractivity contribution < 1.29 is 24.5 Å². The molecular weight excluding hydrogens is 244 g/mol. The van der Waals surface area contributed by atoms with Gasteiger partial charge >= 0.3 is 5.97 Å². The van der Waals surface area contributed by atoms with Crippen LogP contribution in [0, 0.1) is 10.1 Å². The number of nitrogens with zero attached hydrogens (tertiary/aromatic N) is 2. The molecule has 0 aromatic heterocycles. The highest BCUT2D eigenvalue weighted by atomic mass is 16.6. The number of carboxylic acid groups (broad SMARTS) is 1. The summed E-state index contributed by atoms with van der Waals surface area (Å²) in [7, 11) is 0. The maximum atomic E-state index is 10.6. The SMILES string of the molecule is O=Cc1cc(/C=N/OCC(=O)O)ccc1[N+](=O)[O-]. The Kier molecular flexibility index (Phi) is 4.50. The smallest absolute Gasteiger partial charge is 0.344 e. The molecule has 0 unspecified atom stereocenters. The van der Waals surface area contributed by atoms with Crippen LogP contribution in [0.1, 0.15) is 15.9 Å². The molecule has 0 heterocycles. The first kappa shape index (κ1) is 13.3. The molecule has 0 saturated carbocycles. The Morgan fingerprint density at radius 1 is 1.56 bits per heavy atom. The summed E-state index contributed by atoms with van der Waals surface area (Å²) >= 11 is 0. The largest absolute Gasteiger partial charge is 0.479 e. The first-order valence-corrected chi connectivity index (χ1v) is 4.65. The number of aliphatic carboxylic acids is 1. The molecule has 8 nitrogen and oxygen atoms in total. The maximum Gasteiger partial charge on any atom is 0.344 e. The highest BCUT2D eigenvalue weighted by Crippen LogP contribution is 2.17. The van der Waals surface area contributed by atoms with Gasteiger partial charge in [0, 0.05) is 6.07 Å². The van der Waals surface area contributed by atoms with E-state index in [1.807, 2.05) is 0 Å². The van der Waals surface area contributed by atoms with Crippen molar-refractivity contribution >= 4 is 24.2 Å². The lowest BCUT2D eigenvalue weighted by Gasteiger charge is -1.97. The zero-order valence-corrected chi connectivity index (χ0v) is 8.98. The number of carbonyl (C=O) groups is 2. The summed E-state index contributed by atoms with van der Waals surface area (Å²) in [6, 6.07) is 3.76. The van der Waals surface area contributed by atoms with E-state index in [0.29, 0.717) is 11.8 Å². The topological polar surface area (TPSA) is 119 Å². The Morgan fingerprint density at radius 2 is 2.28 bits per heavy atom. The monoisotopic (exact) mass is 252 g/mol. The fraction of sp³-hybridized carbons (Fsp3) is 0.100.